The van der Waals surface area contributed by atoms with Crippen LogP contribution in [-0.2, 0) is 9.47 Å². The van der Waals surface area contributed by atoms with E-state index in [1.807, 2.05) is 45.3 Å². The number of carbonyl (C=O) groups excluding carboxylic acids is 1. The van der Waals surface area contributed by atoms with Crippen molar-refractivity contribution in [3.8, 4) is 5.75 Å². The second-order valence-corrected chi connectivity index (χ2v) is 11.7. The monoisotopic (exact) mass is 556 g/mol. The van der Waals surface area contributed by atoms with E-state index in [1.54, 1.807) is 24.7 Å². The van der Waals surface area contributed by atoms with E-state index >= 15 is 0 Å². The van der Waals surface area contributed by atoms with E-state index in [4.69, 9.17) is 25.8 Å². The number of benzene rings is 1. The topological polar surface area (TPSA) is 104 Å². The predicted molar refractivity (Wildman–Crippen MR) is 149 cm³/mol. The van der Waals surface area contributed by atoms with E-state index in [1.165, 1.54) is 0 Å². The van der Waals surface area contributed by atoms with Crippen molar-refractivity contribution in [2.24, 2.45) is 0 Å². The number of hydrogen-bond donors (Lipinski definition) is 1. The Morgan fingerprint density at radius 2 is 2.00 bits per heavy atom. The van der Waals surface area contributed by atoms with Crippen LogP contribution in [0.2, 0.25) is 5.02 Å². The molecular weight excluding hydrogens is 520 g/mol. The second-order valence-electron chi connectivity index (χ2n) is 11.3. The number of methoxy groups -OCH3 is 1. The Labute approximate surface area is 234 Å². The molecule has 3 aromatic rings. The third-order valence-electron chi connectivity index (χ3n) is 7.34. The van der Waals surface area contributed by atoms with E-state index in [0.717, 1.165) is 54.0 Å². The molecule has 1 aromatic carbocycles. The summed E-state index contributed by atoms with van der Waals surface area (Å²) in [4.78, 5) is 27.8. The Bertz CT molecular complexity index is 1360. The van der Waals surface area contributed by atoms with Crippen LogP contribution in [0.3, 0.4) is 0 Å². The highest BCUT2D eigenvalue weighted by atomic mass is 35.5. The number of amides is 1. The van der Waals surface area contributed by atoms with Crippen molar-refractivity contribution in [1.82, 2.24) is 24.4 Å². The number of nitrogens with one attached hydrogen (secondary N) is 1. The van der Waals surface area contributed by atoms with Crippen LogP contribution in [0.15, 0.2) is 18.7 Å². The summed E-state index contributed by atoms with van der Waals surface area (Å²) in [5.41, 5.74) is 3.75. The Morgan fingerprint density at radius 1 is 1.23 bits per heavy atom. The van der Waals surface area contributed by atoms with Gasteiger partial charge in [0, 0.05) is 41.8 Å². The third kappa shape index (κ3) is 5.49. The molecule has 0 bridgehead atoms. The van der Waals surface area contributed by atoms with Gasteiger partial charge in [-0.2, -0.15) is 0 Å². The van der Waals surface area contributed by atoms with Gasteiger partial charge in [-0.05, 0) is 65.5 Å². The summed E-state index contributed by atoms with van der Waals surface area (Å²) < 4.78 is 19.4. The van der Waals surface area contributed by atoms with Crippen molar-refractivity contribution in [1.29, 1.82) is 0 Å². The molecule has 2 saturated heterocycles. The number of ether oxygens (including phenoxy) is 3. The first-order chi connectivity index (χ1) is 18.6. The molecule has 2 unspecified atom stereocenters. The first-order valence-electron chi connectivity index (χ1n) is 13.5. The van der Waals surface area contributed by atoms with Crippen LogP contribution < -0.4 is 10.1 Å². The maximum atomic E-state index is 12.5. The van der Waals surface area contributed by atoms with Crippen LogP contribution >= 0.6 is 11.6 Å². The summed E-state index contributed by atoms with van der Waals surface area (Å²) in [7, 11) is 1.67. The molecule has 0 radical (unpaired) electrons. The largest absolute Gasteiger partial charge is 0.496 e. The molecule has 2 aliphatic heterocycles. The minimum atomic E-state index is -0.536. The van der Waals surface area contributed by atoms with Crippen molar-refractivity contribution >= 4 is 34.7 Å². The first kappa shape index (κ1) is 27.5. The lowest BCUT2D eigenvalue weighted by atomic mass is 9.85. The molecular formula is C28H37ClN6O4. The average Bonchev–Trinajstić information content (AvgIpc) is 3.30. The number of fused-ring (bicyclic) bond motifs is 1. The zero-order chi connectivity index (χ0) is 27.9. The normalized spacial score (nSPS) is 19.1. The second kappa shape index (κ2) is 10.8. The van der Waals surface area contributed by atoms with E-state index in [9.17, 15) is 4.79 Å². The molecule has 5 rings (SSSR count). The number of hydrogen-bond acceptors (Lipinski definition) is 8. The van der Waals surface area contributed by atoms with Crippen LogP contribution in [0.25, 0.3) is 11.2 Å². The van der Waals surface area contributed by atoms with Crippen LogP contribution in [-0.4, -0.2) is 62.9 Å². The lowest BCUT2D eigenvalue weighted by Gasteiger charge is -2.41. The number of carbonyl (C=O) groups is 1. The molecule has 11 heteroatoms. The summed E-state index contributed by atoms with van der Waals surface area (Å²) >= 11 is 6.75. The minimum Gasteiger partial charge on any atom is -0.496 e. The van der Waals surface area contributed by atoms with Crippen molar-refractivity contribution in [2.45, 2.75) is 77.7 Å². The Morgan fingerprint density at radius 3 is 2.67 bits per heavy atom. The molecule has 4 heterocycles. The summed E-state index contributed by atoms with van der Waals surface area (Å²) in [6, 6.07) is 1.74. The SMILES string of the molecule is COc1c(C(C)Nc2ncnc3c2ncn3C2CCCCO2)cc(Cl)c(C)c1C1CN(C(=O)OC(C)(C)C)C1. The van der Waals surface area contributed by atoms with Crippen LogP contribution in [0, 0.1) is 6.92 Å². The van der Waals surface area contributed by atoms with E-state index in [2.05, 4.69) is 20.3 Å². The maximum absolute atomic E-state index is 12.5. The van der Waals surface area contributed by atoms with E-state index in [-0.39, 0.29) is 24.3 Å². The lowest BCUT2D eigenvalue weighted by Crippen LogP contribution is -2.50. The molecule has 39 heavy (non-hydrogen) atoms. The number of rotatable bonds is 6. The Balaban J connectivity index is 1.40. The number of anilines is 1. The van der Waals surface area contributed by atoms with Gasteiger partial charge in [0.1, 0.15) is 23.9 Å². The molecule has 2 aromatic heterocycles. The summed E-state index contributed by atoms with van der Waals surface area (Å²) in [6.07, 6.45) is 6.07. The van der Waals surface area contributed by atoms with Crippen LogP contribution in [0.4, 0.5) is 10.6 Å². The highest BCUT2D eigenvalue weighted by molar-refractivity contribution is 6.31. The predicted octanol–water partition coefficient (Wildman–Crippen LogP) is 6.00. The molecule has 0 saturated carbocycles. The molecule has 2 atom stereocenters. The number of imidazole rings is 1. The molecule has 2 aliphatic rings. The minimum absolute atomic E-state index is 0.0646. The van der Waals surface area contributed by atoms with E-state index < -0.39 is 5.60 Å². The fraction of sp³-hybridized carbons (Fsp3) is 0.571. The fourth-order valence-electron chi connectivity index (χ4n) is 5.34. The van der Waals surface area contributed by atoms with Gasteiger partial charge in [-0.25, -0.2) is 19.7 Å². The Kier molecular flexibility index (Phi) is 7.61. The zero-order valence-electron chi connectivity index (χ0n) is 23.5. The third-order valence-corrected chi connectivity index (χ3v) is 7.73. The number of aromatic nitrogens is 4. The number of likely N-dealkylation sites (tertiary alicyclic amines) is 1. The summed E-state index contributed by atoms with van der Waals surface area (Å²) in [6.45, 7) is 11.5. The van der Waals surface area contributed by atoms with Crippen molar-refractivity contribution < 1.29 is 19.0 Å². The molecule has 1 N–H and O–H groups in total. The van der Waals surface area contributed by atoms with Crippen LogP contribution in [0.1, 0.15) is 81.8 Å². The van der Waals surface area contributed by atoms with Gasteiger partial charge in [0.05, 0.1) is 19.5 Å². The van der Waals surface area contributed by atoms with Gasteiger partial charge in [0.25, 0.3) is 0 Å². The molecule has 1 amide bonds. The standard InChI is InChI=1S/C28H37ClN6O4/c1-16-20(29)11-19(24(37-6)22(16)18-12-34(13-18)27(36)39-28(3,4)5)17(2)33-25-23-26(31-14-30-25)35(15-32-23)21-9-7-8-10-38-21/h11,14-15,17-18,21H,7-10,12-13H2,1-6H3,(H,30,31,33). The van der Waals surface area contributed by atoms with Crippen molar-refractivity contribution in [3.63, 3.8) is 0 Å². The zero-order valence-corrected chi connectivity index (χ0v) is 24.2. The van der Waals surface area contributed by atoms with E-state index in [0.29, 0.717) is 29.4 Å². The lowest BCUT2D eigenvalue weighted by molar-refractivity contribution is -0.0298. The van der Waals surface area contributed by atoms with Gasteiger partial charge >= 0.3 is 6.09 Å². The molecule has 210 valence electrons. The fourth-order valence-corrected chi connectivity index (χ4v) is 5.56. The van der Waals surface area contributed by atoms with Gasteiger partial charge < -0.3 is 24.4 Å². The highest BCUT2D eigenvalue weighted by Crippen LogP contribution is 2.44. The van der Waals surface area contributed by atoms with Crippen molar-refractivity contribution in [3.05, 3.63) is 40.4 Å². The molecule has 10 nitrogen and oxygen atoms in total. The highest BCUT2D eigenvalue weighted by Gasteiger charge is 2.38. The first-order valence-corrected chi connectivity index (χ1v) is 13.9. The molecule has 0 spiro atoms. The van der Waals surface area contributed by atoms with Gasteiger partial charge in [-0.3, -0.25) is 4.57 Å². The molecule has 0 aliphatic carbocycles. The van der Waals surface area contributed by atoms with Crippen LogP contribution in [0.5, 0.6) is 5.75 Å². The van der Waals surface area contributed by atoms with Gasteiger partial charge in [0.15, 0.2) is 17.0 Å². The smallest absolute Gasteiger partial charge is 0.410 e. The number of halogens is 1. The Hall–Kier alpha value is -3.11. The van der Waals surface area contributed by atoms with Gasteiger partial charge in [0.2, 0.25) is 0 Å². The molecule has 2 fully saturated rings. The average molecular weight is 557 g/mol. The maximum Gasteiger partial charge on any atom is 0.410 e. The van der Waals surface area contributed by atoms with Gasteiger partial charge in [-0.15, -0.1) is 0 Å². The quantitative estimate of drug-likeness (QED) is 0.394. The number of nitrogens with zero attached hydrogens (tertiary/aromatic N) is 5. The van der Waals surface area contributed by atoms with Gasteiger partial charge in [-0.1, -0.05) is 11.6 Å². The van der Waals surface area contributed by atoms with Crippen molar-refractivity contribution in [2.75, 3.05) is 32.1 Å². The summed E-state index contributed by atoms with van der Waals surface area (Å²) in [5.74, 6) is 1.48. The summed E-state index contributed by atoms with van der Waals surface area (Å²) in [5, 5.41) is 4.15.